The molecule has 0 fully saturated rings. The van der Waals surface area contributed by atoms with Gasteiger partial charge in [0.15, 0.2) is 0 Å². The predicted molar refractivity (Wildman–Crippen MR) is 56.7 cm³/mol. The van der Waals surface area contributed by atoms with Gasteiger partial charge in [0.25, 0.3) is 0 Å². The molecule has 0 amide bonds. The van der Waals surface area contributed by atoms with Gasteiger partial charge in [-0.1, -0.05) is 15.8 Å². The van der Waals surface area contributed by atoms with Gasteiger partial charge in [-0.25, -0.2) is 0 Å². The van der Waals surface area contributed by atoms with E-state index < -0.39 is 12.0 Å². The second kappa shape index (κ2) is 7.25. The minimum atomic E-state index is -0.778. The third-order valence-electron chi connectivity index (χ3n) is 1.85. The maximum absolute atomic E-state index is 10.6. The smallest absolute Gasteiger partial charge is 0.320 e. The molecule has 0 aromatic heterocycles. The summed E-state index contributed by atoms with van der Waals surface area (Å²) in [5, 5.41) is 11.4. The van der Waals surface area contributed by atoms with E-state index in [0.29, 0.717) is 6.42 Å². The van der Waals surface area contributed by atoms with Crippen molar-refractivity contribution in [1.29, 1.82) is 0 Å². The Bertz CT molecular complexity index is 153. The second-order valence-electron chi connectivity index (χ2n) is 3.36. The first kappa shape index (κ1) is 12.8. The Morgan fingerprint density at radius 2 is 2.15 bits per heavy atom. The molecule has 1 unspecified atom stereocenters. The van der Waals surface area contributed by atoms with Crippen molar-refractivity contribution in [2.45, 2.75) is 25.3 Å². The van der Waals surface area contributed by atoms with Gasteiger partial charge in [0.05, 0.1) is 0 Å². The van der Waals surface area contributed by atoms with E-state index in [-0.39, 0.29) is 0 Å². The number of hydrogen-bond donors (Lipinski definition) is 2. The van der Waals surface area contributed by atoms with Gasteiger partial charge in [-0.05, 0) is 33.5 Å². The Hall–Kier alpha value is -0.180. The summed E-state index contributed by atoms with van der Waals surface area (Å²) in [6, 6.07) is -0.424. The molecule has 5 heteroatoms. The van der Waals surface area contributed by atoms with Gasteiger partial charge >= 0.3 is 5.97 Å². The first-order valence-corrected chi connectivity index (χ1v) is 4.99. The van der Waals surface area contributed by atoms with Crippen LogP contribution in [0, 0.1) is 0 Å². The van der Waals surface area contributed by atoms with E-state index in [0.717, 1.165) is 19.4 Å². The summed E-state index contributed by atoms with van der Waals surface area (Å²) in [5.74, 6) is -0.778. The van der Waals surface area contributed by atoms with E-state index in [9.17, 15) is 4.79 Å². The van der Waals surface area contributed by atoms with Crippen molar-refractivity contribution in [3.05, 3.63) is 0 Å². The van der Waals surface area contributed by atoms with E-state index >= 15 is 0 Å². The number of carboxylic acids is 1. The van der Waals surface area contributed by atoms with Gasteiger partial charge in [0, 0.05) is 0 Å². The van der Waals surface area contributed by atoms with Crippen molar-refractivity contribution < 1.29 is 9.90 Å². The zero-order valence-corrected chi connectivity index (χ0v) is 9.44. The number of unbranched alkanes of at least 4 members (excludes halogenated alkanes) is 1. The van der Waals surface area contributed by atoms with Crippen molar-refractivity contribution in [1.82, 2.24) is 9.99 Å². The van der Waals surface area contributed by atoms with Gasteiger partial charge in [-0.3, -0.25) is 9.88 Å². The fraction of sp³-hybridized carbons (Fsp3) is 0.875. The Labute approximate surface area is 81.9 Å². The molecule has 4 nitrogen and oxygen atoms in total. The molecule has 0 aliphatic carbocycles. The van der Waals surface area contributed by atoms with E-state index in [1.165, 1.54) is 0 Å². The number of rotatable bonds is 7. The normalized spacial score (nSPS) is 13.2. The Morgan fingerprint density at radius 3 is 2.54 bits per heavy atom. The number of carboxylic acid groups (broad SMARTS) is 1. The molecule has 0 radical (unpaired) electrons. The molecule has 0 aliphatic heterocycles. The lowest BCUT2D eigenvalue weighted by molar-refractivity contribution is -0.139. The van der Waals surface area contributed by atoms with E-state index in [2.05, 4.69) is 19.4 Å². The molecule has 2 N–H and O–H groups in total. The third-order valence-corrected chi connectivity index (χ3v) is 2.25. The molecule has 0 aromatic carbocycles. The second-order valence-corrected chi connectivity index (χ2v) is 3.69. The molecule has 0 heterocycles. The minimum Gasteiger partial charge on any atom is -0.480 e. The van der Waals surface area contributed by atoms with Gasteiger partial charge in [0.1, 0.15) is 6.04 Å². The summed E-state index contributed by atoms with van der Waals surface area (Å²) in [7, 11) is 6.28. The van der Waals surface area contributed by atoms with Crippen molar-refractivity contribution in [2.75, 3.05) is 20.6 Å². The van der Waals surface area contributed by atoms with Crippen LogP contribution in [-0.4, -0.2) is 42.7 Å². The maximum Gasteiger partial charge on any atom is 0.320 e. The molecular weight excluding hydrogens is 187 g/mol. The largest absolute Gasteiger partial charge is 0.480 e. The molecule has 0 aliphatic rings. The molecule has 0 spiro atoms. The highest BCUT2D eigenvalue weighted by atomic mass is 31.0. The molecule has 0 saturated heterocycles. The van der Waals surface area contributed by atoms with E-state index in [4.69, 9.17) is 5.11 Å². The quantitative estimate of drug-likeness (QED) is 0.472. The highest BCUT2D eigenvalue weighted by Gasteiger charge is 2.13. The Balaban J connectivity index is 3.44. The van der Waals surface area contributed by atoms with Crippen LogP contribution in [0.15, 0.2) is 0 Å². The highest BCUT2D eigenvalue weighted by molar-refractivity contribution is 7.13. The van der Waals surface area contributed by atoms with Gasteiger partial charge in [-0.2, -0.15) is 0 Å². The summed E-state index contributed by atoms with van der Waals surface area (Å²) in [5.41, 5.74) is 0. The van der Waals surface area contributed by atoms with Crippen LogP contribution in [-0.2, 0) is 4.79 Å². The van der Waals surface area contributed by atoms with Crippen LogP contribution >= 0.6 is 9.39 Å². The predicted octanol–water partition coefficient (Wildman–Crippen LogP) is 0.551. The number of carbonyl (C=O) groups is 1. The standard InChI is InChI=1S/C8H19N2O2P/c1-10(2)6-4-3-5-7(9-13)8(11)12/h7,9H,3-6,13H2,1-2H3,(H,11,12)/t7-/m0/s1. The lowest BCUT2D eigenvalue weighted by Gasteiger charge is -2.12. The van der Waals surface area contributed by atoms with Crippen LogP contribution in [0.25, 0.3) is 0 Å². The van der Waals surface area contributed by atoms with Crippen LogP contribution in [0.5, 0.6) is 0 Å². The fourth-order valence-corrected chi connectivity index (χ4v) is 1.36. The zero-order valence-electron chi connectivity index (χ0n) is 8.29. The number of nitrogens with zero attached hydrogens (tertiary/aromatic N) is 1. The SMILES string of the molecule is CN(C)CCCC[C@H](NP)C(=O)O. The molecule has 0 bridgehead atoms. The molecule has 13 heavy (non-hydrogen) atoms. The molecule has 0 saturated carbocycles. The Morgan fingerprint density at radius 1 is 1.54 bits per heavy atom. The highest BCUT2D eigenvalue weighted by Crippen LogP contribution is 2.03. The summed E-state index contributed by atoms with van der Waals surface area (Å²) in [6.45, 7) is 1.02. The van der Waals surface area contributed by atoms with Crippen LogP contribution < -0.4 is 5.09 Å². The summed E-state index contributed by atoms with van der Waals surface area (Å²) in [4.78, 5) is 12.7. The monoisotopic (exact) mass is 206 g/mol. The summed E-state index contributed by atoms with van der Waals surface area (Å²) < 4.78 is 0. The molecule has 0 rings (SSSR count). The first-order valence-electron chi connectivity index (χ1n) is 4.41. The average molecular weight is 206 g/mol. The first-order chi connectivity index (χ1) is 6.07. The fourth-order valence-electron chi connectivity index (χ4n) is 1.05. The molecule has 0 aromatic rings. The molecule has 78 valence electrons. The third kappa shape index (κ3) is 6.94. The zero-order chi connectivity index (χ0) is 10.3. The lowest BCUT2D eigenvalue weighted by Crippen LogP contribution is -2.30. The molecule has 2 atom stereocenters. The molecular formula is C8H19N2O2P. The van der Waals surface area contributed by atoms with Gasteiger partial charge in [-0.15, -0.1) is 0 Å². The average Bonchev–Trinajstić information content (AvgIpc) is 2.03. The van der Waals surface area contributed by atoms with E-state index in [1.54, 1.807) is 0 Å². The van der Waals surface area contributed by atoms with Gasteiger partial charge in [0.2, 0.25) is 0 Å². The van der Waals surface area contributed by atoms with Crippen LogP contribution in [0.2, 0.25) is 0 Å². The lowest BCUT2D eigenvalue weighted by atomic mass is 10.1. The van der Waals surface area contributed by atoms with Crippen molar-refractivity contribution >= 4 is 15.4 Å². The van der Waals surface area contributed by atoms with Crippen molar-refractivity contribution in [3.8, 4) is 0 Å². The van der Waals surface area contributed by atoms with Gasteiger partial charge < -0.3 is 10.0 Å². The Kier molecular flexibility index (Phi) is 7.14. The number of hydrogen-bond acceptors (Lipinski definition) is 3. The number of nitrogens with one attached hydrogen (secondary N) is 1. The van der Waals surface area contributed by atoms with Crippen molar-refractivity contribution in [2.24, 2.45) is 0 Å². The van der Waals surface area contributed by atoms with E-state index in [1.807, 2.05) is 14.1 Å². The van der Waals surface area contributed by atoms with Crippen LogP contribution in [0.4, 0.5) is 0 Å². The number of aliphatic carboxylic acids is 1. The summed E-state index contributed by atoms with van der Waals surface area (Å²) >= 11 is 0. The maximum atomic E-state index is 10.6. The van der Waals surface area contributed by atoms with Crippen LogP contribution in [0.3, 0.4) is 0 Å². The minimum absolute atomic E-state index is 0.424. The van der Waals surface area contributed by atoms with Crippen LogP contribution in [0.1, 0.15) is 19.3 Å². The topological polar surface area (TPSA) is 52.6 Å². The van der Waals surface area contributed by atoms with Crippen molar-refractivity contribution in [3.63, 3.8) is 0 Å². The summed E-state index contributed by atoms with van der Waals surface area (Å²) in [6.07, 6.45) is 2.67.